The van der Waals surface area contributed by atoms with E-state index in [1.54, 1.807) is 36.4 Å². The van der Waals surface area contributed by atoms with Gasteiger partial charge in [-0.1, -0.05) is 31.5 Å². The molecule has 1 unspecified atom stereocenters. The Labute approximate surface area is 181 Å². The van der Waals surface area contributed by atoms with E-state index in [0.29, 0.717) is 11.3 Å². The second-order valence-electron chi connectivity index (χ2n) is 7.23. The molecule has 8 heteroatoms. The predicted octanol–water partition coefficient (Wildman–Crippen LogP) is 2.45. The molecule has 0 aliphatic carbocycles. The van der Waals surface area contributed by atoms with Crippen LogP contribution in [0.2, 0.25) is 0 Å². The van der Waals surface area contributed by atoms with Crippen LogP contribution in [0.4, 0.5) is 0 Å². The first-order valence-electron chi connectivity index (χ1n) is 9.80. The molecule has 0 saturated heterocycles. The number of rotatable bonds is 9. The maximum absolute atomic E-state index is 12.5. The van der Waals surface area contributed by atoms with Crippen molar-refractivity contribution < 1.29 is 23.9 Å². The minimum Gasteiger partial charge on any atom is -0.482 e. The van der Waals surface area contributed by atoms with E-state index in [-0.39, 0.29) is 18.4 Å². The van der Waals surface area contributed by atoms with Crippen molar-refractivity contribution in [3.05, 3.63) is 65.2 Å². The highest BCUT2D eigenvalue weighted by atomic mass is 16.6. The van der Waals surface area contributed by atoms with Crippen molar-refractivity contribution in [1.29, 1.82) is 0 Å². The highest BCUT2D eigenvalue weighted by Crippen LogP contribution is 2.11. The third-order valence-electron chi connectivity index (χ3n) is 4.40. The lowest BCUT2D eigenvalue weighted by Crippen LogP contribution is -2.48. The third kappa shape index (κ3) is 7.58. The molecule has 1 atom stereocenters. The van der Waals surface area contributed by atoms with Crippen LogP contribution in [0.25, 0.3) is 0 Å². The van der Waals surface area contributed by atoms with E-state index < -0.39 is 17.9 Å². The fourth-order valence-corrected chi connectivity index (χ4v) is 2.56. The predicted molar refractivity (Wildman–Crippen MR) is 117 cm³/mol. The van der Waals surface area contributed by atoms with Gasteiger partial charge in [0.1, 0.15) is 11.8 Å². The number of amides is 2. The average Bonchev–Trinajstić information content (AvgIpc) is 2.76. The number of nitrogens with zero attached hydrogens (tertiary/aromatic N) is 1. The molecule has 0 heterocycles. The quantitative estimate of drug-likeness (QED) is 0.365. The van der Waals surface area contributed by atoms with Crippen LogP contribution in [0.3, 0.4) is 0 Å². The van der Waals surface area contributed by atoms with Gasteiger partial charge in [-0.25, -0.2) is 10.2 Å². The fraction of sp³-hybridized carbons (Fsp3) is 0.304. The molecule has 2 aromatic rings. The Morgan fingerprint density at radius 2 is 1.68 bits per heavy atom. The summed E-state index contributed by atoms with van der Waals surface area (Å²) in [5.74, 6) is -0.825. The topological polar surface area (TPSA) is 106 Å². The standard InChI is InChI=1S/C23H27N3O5/c1-15(2)21(25-22(28)18-9-5-16(3)6-10-18)23(29)26-24-13-17-7-11-19(12-8-17)31-14-20(27)30-4/h5-13,15,21H,14H2,1-4H3,(H,25,28)(H,26,29). The lowest BCUT2D eigenvalue weighted by molar-refractivity contribution is -0.142. The van der Waals surface area contributed by atoms with E-state index in [1.165, 1.54) is 13.3 Å². The number of hydrogen-bond donors (Lipinski definition) is 2. The van der Waals surface area contributed by atoms with Gasteiger partial charge in [0.15, 0.2) is 6.61 Å². The Morgan fingerprint density at radius 1 is 1.03 bits per heavy atom. The Morgan fingerprint density at radius 3 is 2.26 bits per heavy atom. The maximum Gasteiger partial charge on any atom is 0.343 e. The molecule has 164 valence electrons. The molecule has 0 aromatic heterocycles. The van der Waals surface area contributed by atoms with Gasteiger partial charge in [-0.15, -0.1) is 0 Å². The van der Waals surface area contributed by atoms with Crippen LogP contribution in [0.5, 0.6) is 5.75 Å². The normalized spacial score (nSPS) is 11.8. The van der Waals surface area contributed by atoms with E-state index in [1.807, 2.05) is 32.9 Å². The molecular formula is C23H27N3O5. The van der Waals surface area contributed by atoms with Crippen LogP contribution in [0.1, 0.15) is 35.3 Å². The number of esters is 1. The number of benzene rings is 2. The molecule has 8 nitrogen and oxygen atoms in total. The third-order valence-corrected chi connectivity index (χ3v) is 4.40. The summed E-state index contributed by atoms with van der Waals surface area (Å²) in [6.07, 6.45) is 1.47. The molecule has 0 spiro atoms. The first-order chi connectivity index (χ1) is 14.8. The van der Waals surface area contributed by atoms with Crippen LogP contribution in [0, 0.1) is 12.8 Å². The van der Waals surface area contributed by atoms with E-state index in [2.05, 4.69) is 20.6 Å². The van der Waals surface area contributed by atoms with Crippen molar-refractivity contribution in [1.82, 2.24) is 10.7 Å². The van der Waals surface area contributed by atoms with E-state index in [4.69, 9.17) is 4.74 Å². The first-order valence-corrected chi connectivity index (χ1v) is 9.80. The number of hydrogen-bond acceptors (Lipinski definition) is 6. The zero-order chi connectivity index (χ0) is 22.8. The van der Waals surface area contributed by atoms with E-state index in [9.17, 15) is 14.4 Å². The molecule has 2 rings (SSSR count). The molecule has 2 aromatic carbocycles. The average molecular weight is 425 g/mol. The summed E-state index contributed by atoms with van der Waals surface area (Å²) in [5, 5.41) is 6.72. The SMILES string of the molecule is COC(=O)COc1ccc(C=NNC(=O)C(NC(=O)c2ccc(C)cc2)C(C)C)cc1. The Hall–Kier alpha value is -3.68. The second kappa shape index (κ2) is 11.5. The Balaban J connectivity index is 1.92. The van der Waals surface area contributed by atoms with E-state index in [0.717, 1.165) is 11.1 Å². The number of carbonyl (C=O) groups is 3. The molecule has 2 amide bonds. The zero-order valence-electron chi connectivity index (χ0n) is 18.0. The van der Waals surface area contributed by atoms with Crippen LogP contribution in [-0.4, -0.2) is 43.8 Å². The summed E-state index contributed by atoms with van der Waals surface area (Å²) in [6, 6.07) is 13.2. The second-order valence-corrected chi connectivity index (χ2v) is 7.23. The summed E-state index contributed by atoms with van der Waals surface area (Å²) in [5.41, 5.74) is 4.72. The molecule has 0 bridgehead atoms. The van der Waals surface area contributed by atoms with Crippen LogP contribution in [-0.2, 0) is 14.3 Å². The number of aryl methyl sites for hydroxylation is 1. The van der Waals surface area contributed by atoms with Crippen molar-refractivity contribution in [2.75, 3.05) is 13.7 Å². The van der Waals surface area contributed by atoms with Crippen LogP contribution in [0.15, 0.2) is 53.6 Å². The monoisotopic (exact) mass is 425 g/mol. The molecule has 0 fully saturated rings. The summed E-state index contributed by atoms with van der Waals surface area (Å²) < 4.78 is 9.77. The number of carbonyl (C=O) groups excluding carboxylic acids is 3. The Kier molecular flexibility index (Phi) is 8.75. The molecular weight excluding hydrogens is 398 g/mol. The smallest absolute Gasteiger partial charge is 0.343 e. The number of hydrazone groups is 1. The minimum atomic E-state index is -0.736. The van der Waals surface area contributed by atoms with Gasteiger partial charge in [-0.05, 0) is 54.8 Å². The largest absolute Gasteiger partial charge is 0.482 e. The van der Waals surface area contributed by atoms with Gasteiger partial charge in [-0.2, -0.15) is 5.10 Å². The summed E-state index contributed by atoms with van der Waals surface area (Å²) in [6.45, 7) is 5.45. The van der Waals surface area contributed by atoms with Crippen molar-refractivity contribution in [3.8, 4) is 5.75 Å². The van der Waals surface area contributed by atoms with Gasteiger partial charge in [0.2, 0.25) is 0 Å². The minimum absolute atomic E-state index is 0.129. The van der Waals surface area contributed by atoms with Gasteiger partial charge in [0.25, 0.3) is 11.8 Å². The zero-order valence-corrected chi connectivity index (χ0v) is 18.0. The summed E-state index contributed by atoms with van der Waals surface area (Å²) in [7, 11) is 1.29. The lowest BCUT2D eigenvalue weighted by atomic mass is 10.0. The summed E-state index contributed by atoms with van der Waals surface area (Å²) >= 11 is 0. The molecule has 0 aliphatic heterocycles. The van der Waals surface area contributed by atoms with E-state index >= 15 is 0 Å². The van der Waals surface area contributed by atoms with Gasteiger partial charge in [0.05, 0.1) is 13.3 Å². The fourth-order valence-electron chi connectivity index (χ4n) is 2.56. The van der Waals surface area contributed by atoms with Crippen molar-refractivity contribution >= 4 is 24.0 Å². The van der Waals surface area contributed by atoms with Gasteiger partial charge in [-0.3, -0.25) is 9.59 Å². The lowest BCUT2D eigenvalue weighted by Gasteiger charge is -2.20. The highest BCUT2D eigenvalue weighted by molar-refractivity contribution is 5.97. The molecule has 0 radical (unpaired) electrons. The molecule has 2 N–H and O–H groups in total. The maximum atomic E-state index is 12.5. The number of methoxy groups -OCH3 is 1. The number of ether oxygens (including phenoxy) is 2. The van der Waals surface area contributed by atoms with Gasteiger partial charge >= 0.3 is 5.97 Å². The van der Waals surface area contributed by atoms with Gasteiger partial charge < -0.3 is 14.8 Å². The van der Waals surface area contributed by atoms with Crippen molar-refractivity contribution in [2.24, 2.45) is 11.0 Å². The van der Waals surface area contributed by atoms with Crippen LogP contribution < -0.4 is 15.5 Å². The number of nitrogens with one attached hydrogen (secondary N) is 2. The Bertz CT molecular complexity index is 921. The highest BCUT2D eigenvalue weighted by Gasteiger charge is 2.24. The van der Waals surface area contributed by atoms with Crippen molar-refractivity contribution in [2.45, 2.75) is 26.8 Å². The molecule has 31 heavy (non-hydrogen) atoms. The summed E-state index contributed by atoms with van der Waals surface area (Å²) in [4.78, 5) is 36.1. The van der Waals surface area contributed by atoms with Crippen LogP contribution >= 0.6 is 0 Å². The molecule has 0 saturated carbocycles. The first kappa shape index (κ1) is 23.6. The van der Waals surface area contributed by atoms with Crippen molar-refractivity contribution in [3.63, 3.8) is 0 Å². The molecule has 0 aliphatic rings. The van der Waals surface area contributed by atoms with Gasteiger partial charge in [0, 0.05) is 5.56 Å².